The van der Waals surface area contributed by atoms with Gasteiger partial charge in [-0.05, 0) is 77.2 Å². The molecule has 0 N–H and O–H groups in total. The van der Waals surface area contributed by atoms with Crippen molar-refractivity contribution in [3.8, 4) is 11.5 Å². The maximum Gasteiger partial charge on any atom is 0.290 e. The molecule has 1 amide bonds. The molecule has 4 rings (SSSR count). The van der Waals surface area contributed by atoms with Crippen LogP contribution < -0.4 is 14.9 Å². The summed E-state index contributed by atoms with van der Waals surface area (Å²) in [7, 11) is 4.00. The largest absolute Gasteiger partial charge is 0.490 e. The predicted octanol–water partition coefficient (Wildman–Crippen LogP) is 4.79. The Hall–Kier alpha value is -3.32. The van der Waals surface area contributed by atoms with Crippen LogP contribution in [-0.4, -0.2) is 56.1 Å². The summed E-state index contributed by atoms with van der Waals surface area (Å²) in [6, 6.07) is 10.6. The molecule has 0 radical (unpaired) electrons. The van der Waals surface area contributed by atoms with Gasteiger partial charge in [-0.25, -0.2) is 0 Å². The molecule has 35 heavy (non-hydrogen) atoms. The van der Waals surface area contributed by atoms with E-state index in [1.807, 2.05) is 65.2 Å². The van der Waals surface area contributed by atoms with E-state index in [9.17, 15) is 9.59 Å². The van der Waals surface area contributed by atoms with Crippen LogP contribution in [0.25, 0.3) is 11.0 Å². The van der Waals surface area contributed by atoms with Crippen molar-refractivity contribution in [1.29, 1.82) is 0 Å². The minimum absolute atomic E-state index is 0.130. The van der Waals surface area contributed by atoms with E-state index in [2.05, 4.69) is 4.90 Å². The van der Waals surface area contributed by atoms with Crippen molar-refractivity contribution in [3.63, 3.8) is 0 Å². The van der Waals surface area contributed by atoms with Crippen molar-refractivity contribution in [3.05, 3.63) is 69.1 Å². The summed E-state index contributed by atoms with van der Waals surface area (Å²) in [5.41, 5.74) is 2.42. The quantitative estimate of drug-likeness (QED) is 0.417. The molecule has 0 spiro atoms. The number of carbonyl (C=O) groups is 1. The molecular weight excluding hydrogens is 444 g/mol. The van der Waals surface area contributed by atoms with Gasteiger partial charge >= 0.3 is 0 Å². The van der Waals surface area contributed by atoms with Crippen LogP contribution in [0.2, 0.25) is 0 Å². The van der Waals surface area contributed by atoms with Gasteiger partial charge in [0.2, 0.25) is 5.76 Å². The SMILES string of the molecule is CCCOc1ccc([C@H]2c3c(oc4ccc(C)cc4c3=O)C(=O)N2CCCN(C)C)cc1OCC. The molecule has 1 aliphatic heterocycles. The Morgan fingerprint density at radius 1 is 1.03 bits per heavy atom. The minimum atomic E-state index is -0.555. The minimum Gasteiger partial charge on any atom is -0.490 e. The number of amides is 1. The molecule has 0 bridgehead atoms. The molecule has 3 aromatic rings. The Balaban J connectivity index is 1.86. The van der Waals surface area contributed by atoms with Gasteiger partial charge in [0.1, 0.15) is 5.58 Å². The lowest BCUT2D eigenvalue weighted by molar-refractivity contribution is 0.0722. The van der Waals surface area contributed by atoms with Gasteiger partial charge in [-0.15, -0.1) is 0 Å². The molecule has 0 aliphatic carbocycles. The monoisotopic (exact) mass is 478 g/mol. The Labute approximate surface area is 206 Å². The first-order valence-corrected chi connectivity index (χ1v) is 12.3. The second-order valence-electron chi connectivity index (χ2n) is 9.22. The number of nitrogens with zero attached hydrogens (tertiary/aromatic N) is 2. The Kier molecular flexibility index (Phi) is 7.45. The molecule has 0 saturated carbocycles. The molecule has 0 unspecified atom stereocenters. The van der Waals surface area contributed by atoms with Crippen molar-refractivity contribution in [2.24, 2.45) is 0 Å². The summed E-state index contributed by atoms with van der Waals surface area (Å²) in [6.45, 7) is 8.28. The second kappa shape index (κ2) is 10.5. The summed E-state index contributed by atoms with van der Waals surface area (Å²) >= 11 is 0. The lowest BCUT2D eigenvalue weighted by atomic mass is 9.97. The zero-order valence-electron chi connectivity index (χ0n) is 21.2. The molecular formula is C28H34N2O5. The van der Waals surface area contributed by atoms with Crippen LogP contribution in [0.1, 0.15) is 60.0 Å². The Morgan fingerprint density at radius 3 is 2.54 bits per heavy atom. The molecule has 2 heterocycles. The number of hydrogen-bond donors (Lipinski definition) is 0. The van der Waals surface area contributed by atoms with Gasteiger partial charge in [0, 0.05) is 6.54 Å². The summed E-state index contributed by atoms with van der Waals surface area (Å²) in [4.78, 5) is 31.1. The molecule has 1 aliphatic rings. The van der Waals surface area contributed by atoms with Crippen molar-refractivity contribution in [2.75, 3.05) is 40.4 Å². The van der Waals surface area contributed by atoms with Gasteiger partial charge in [-0.2, -0.15) is 0 Å². The molecule has 0 saturated heterocycles. The number of aryl methyl sites for hydroxylation is 1. The highest BCUT2D eigenvalue weighted by Crippen LogP contribution is 2.41. The standard InChI is InChI=1S/C28H34N2O5/c1-6-15-34-22-12-10-19(17-23(22)33-7-2)25-24-26(31)20-16-18(3)9-11-21(20)35-27(24)28(32)30(25)14-8-13-29(4)5/h9-12,16-17,25H,6-8,13-15H2,1-5H3/t25-/m0/s1. The normalized spacial score (nSPS) is 15.2. The molecule has 1 aromatic heterocycles. The van der Waals surface area contributed by atoms with Gasteiger partial charge < -0.3 is 23.7 Å². The van der Waals surface area contributed by atoms with E-state index >= 15 is 0 Å². The average molecular weight is 479 g/mol. The van der Waals surface area contributed by atoms with E-state index in [4.69, 9.17) is 13.9 Å². The molecule has 7 nitrogen and oxygen atoms in total. The number of rotatable bonds is 10. The fourth-order valence-corrected chi connectivity index (χ4v) is 4.56. The van der Waals surface area contributed by atoms with Gasteiger partial charge in [0.25, 0.3) is 5.91 Å². The van der Waals surface area contributed by atoms with E-state index in [1.165, 1.54) is 0 Å². The molecule has 186 valence electrons. The second-order valence-corrected chi connectivity index (χ2v) is 9.22. The van der Waals surface area contributed by atoms with Crippen molar-refractivity contribution in [2.45, 2.75) is 39.7 Å². The van der Waals surface area contributed by atoms with Crippen LogP contribution in [-0.2, 0) is 0 Å². The summed E-state index contributed by atoms with van der Waals surface area (Å²) in [6.07, 6.45) is 1.65. The summed E-state index contributed by atoms with van der Waals surface area (Å²) < 4.78 is 17.8. The van der Waals surface area contributed by atoms with Gasteiger partial charge in [-0.3, -0.25) is 9.59 Å². The maximum absolute atomic E-state index is 13.7. The zero-order chi connectivity index (χ0) is 25.1. The third kappa shape index (κ3) is 4.91. The first-order valence-electron chi connectivity index (χ1n) is 12.3. The van der Waals surface area contributed by atoms with E-state index in [0.29, 0.717) is 47.8 Å². The van der Waals surface area contributed by atoms with E-state index in [-0.39, 0.29) is 17.1 Å². The lowest BCUT2D eigenvalue weighted by Crippen LogP contribution is -2.32. The first-order chi connectivity index (χ1) is 16.8. The van der Waals surface area contributed by atoms with E-state index in [1.54, 1.807) is 11.0 Å². The first kappa shape index (κ1) is 24.8. The number of hydrogen-bond acceptors (Lipinski definition) is 6. The fraction of sp³-hybridized carbons (Fsp3) is 0.429. The number of fused-ring (bicyclic) bond motifs is 2. The van der Waals surface area contributed by atoms with Gasteiger partial charge in [-0.1, -0.05) is 24.6 Å². The van der Waals surface area contributed by atoms with Crippen molar-refractivity contribution in [1.82, 2.24) is 9.80 Å². The van der Waals surface area contributed by atoms with Crippen molar-refractivity contribution < 1.29 is 18.7 Å². The molecule has 0 fully saturated rings. The highest BCUT2D eigenvalue weighted by molar-refractivity contribution is 5.99. The van der Waals surface area contributed by atoms with Gasteiger partial charge in [0.05, 0.1) is 30.2 Å². The van der Waals surface area contributed by atoms with Crippen LogP contribution in [0.3, 0.4) is 0 Å². The maximum atomic E-state index is 13.7. The third-order valence-corrected chi connectivity index (χ3v) is 6.17. The molecule has 7 heteroatoms. The smallest absolute Gasteiger partial charge is 0.290 e. The average Bonchev–Trinajstić information content (AvgIpc) is 3.10. The topological polar surface area (TPSA) is 72.2 Å². The summed E-state index contributed by atoms with van der Waals surface area (Å²) in [5, 5.41) is 0.490. The fourth-order valence-electron chi connectivity index (χ4n) is 4.56. The Morgan fingerprint density at radius 2 is 1.83 bits per heavy atom. The van der Waals surface area contributed by atoms with Crippen LogP contribution in [0, 0.1) is 6.92 Å². The number of ether oxygens (including phenoxy) is 2. The number of benzene rings is 2. The van der Waals surface area contributed by atoms with Gasteiger partial charge in [0.15, 0.2) is 16.9 Å². The molecule has 2 aromatic carbocycles. The number of carbonyl (C=O) groups excluding carboxylic acids is 1. The van der Waals surface area contributed by atoms with E-state index in [0.717, 1.165) is 30.5 Å². The van der Waals surface area contributed by atoms with Crippen LogP contribution in [0.4, 0.5) is 0 Å². The third-order valence-electron chi connectivity index (χ3n) is 6.17. The van der Waals surface area contributed by atoms with E-state index < -0.39 is 6.04 Å². The molecule has 1 atom stereocenters. The summed E-state index contributed by atoms with van der Waals surface area (Å²) in [5.74, 6) is 1.13. The van der Waals surface area contributed by atoms with Crippen LogP contribution >= 0.6 is 0 Å². The predicted molar refractivity (Wildman–Crippen MR) is 137 cm³/mol. The highest BCUT2D eigenvalue weighted by Gasteiger charge is 2.42. The van der Waals surface area contributed by atoms with Crippen LogP contribution in [0.15, 0.2) is 45.6 Å². The highest BCUT2D eigenvalue weighted by atomic mass is 16.5. The zero-order valence-corrected chi connectivity index (χ0v) is 21.2. The van der Waals surface area contributed by atoms with Crippen LogP contribution in [0.5, 0.6) is 11.5 Å². The lowest BCUT2D eigenvalue weighted by Gasteiger charge is -2.26. The Bertz CT molecular complexity index is 1280. The van der Waals surface area contributed by atoms with Crippen molar-refractivity contribution >= 4 is 16.9 Å².